The molecule has 2 heterocycles. The summed E-state index contributed by atoms with van der Waals surface area (Å²) in [4.78, 5) is 15.1. The zero-order valence-corrected chi connectivity index (χ0v) is 11.5. The molecule has 0 fully saturated rings. The van der Waals surface area contributed by atoms with Crippen molar-refractivity contribution >= 4 is 17.3 Å². The van der Waals surface area contributed by atoms with E-state index >= 15 is 0 Å². The maximum Gasteiger partial charge on any atom is 0.338 e. The van der Waals surface area contributed by atoms with E-state index in [-0.39, 0.29) is 11.4 Å². The van der Waals surface area contributed by atoms with Crippen LogP contribution in [0.3, 0.4) is 0 Å². The first-order valence-corrected chi connectivity index (χ1v) is 6.96. The molecule has 7 heteroatoms. The van der Waals surface area contributed by atoms with Gasteiger partial charge in [-0.05, 0) is 12.1 Å². The van der Waals surface area contributed by atoms with Crippen LogP contribution in [-0.2, 0) is 6.54 Å². The summed E-state index contributed by atoms with van der Waals surface area (Å²) >= 11 is 1.38. The topological polar surface area (TPSA) is 68.0 Å². The van der Waals surface area contributed by atoms with Crippen molar-refractivity contribution in [3.05, 3.63) is 58.4 Å². The van der Waals surface area contributed by atoms with Gasteiger partial charge in [-0.25, -0.2) is 14.2 Å². The van der Waals surface area contributed by atoms with Crippen LogP contribution < -0.4 is 0 Å². The van der Waals surface area contributed by atoms with Crippen molar-refractivity contribution in [2.45, 2.75) is 6.54 Å². The number of thiazole rings is 1. The Balaban J connectivity index is 1.82. The Morgan fingerprint density at radius 1 is 1.38 bits per heavy atom. The largest absolute Gasteiger partial charge is 0.478 e. The third kappa shape index (κ3) is 2.82. The summed E-state index contributed by atoms with van der Waals surface area (Å²) < 4.78 is 15.2. The van der Waals surface area contributed by atoms with Crippen molar-refractivity contribution in [2.24, 2.45) is 0 Å². The summed E-state index contributed by atoms with van der Waals surface area (Å²) in [5.74, 6) is -1.34. The predicted octanol–water partition coefficient (Wildman–Crippen LogP) is 2.89. The van der Waals surface area contributed by atoms with Crippen LogP contribution in [0.2, 0.25) is 0 Å². The highest BCUT2D eigenvalue weighted by Gasteiger charge is 2.11. The third-order valence-corrected chi connectivity index (χ3v) is 3.71. The first kappa shape index (κ1) is 13.4. The van der Waals surface area contributed by atoms with E-state index < -0.39 is 5.97 Å². The highest BCUT2D eigenvalue weighted by atomic mass is 32.1. The van der Waals surface area contributed by atoms with Crippen LogP contribution in [0, 0.1) is 5.82 Å². The van der Waals surface area contributed by atoms with Crippen LogP contribution in [0.5, 0.6) is 0 Å². The molecule has 0 atom stereocenters. The Hall–Kier alpha value is -2.54. The molecule has 0 aliphatic heterocycles. The number of benzene rings is 1. The minimum atomic E-state index is -1.02. The number of aromatic nitrogens is 3. The van der Waals surface area contributed by atoms with Gasteiger partial charge < -0.3 is 5.11 Å². The summed E-state index contributed by atoms with van der Waals surface area (Å²) in [7, 11) is 0. The van der Waals surface area contributed by atoms with Gasteiger partial charge in [0.05, 0.1) is 24.0 Å². The number of carboxylic acids is 1. The second-order valence-corrected chi connectivity index (χ2v) is 5.28. The SMILES string of the molecule is O=C(O)c1cnn(Cc2nc(-c3ccccc3F)cs2)c1. The van der Waals surface area contributed by atoms with Crippen molar-refractivity contribution in [1.29, 1.82) is 0 Å². The van der Waals surface area contributed by atoms with E-state index in [4.69, 9.17) is 5.11 Å². The molecule has 0 saturated carbocycles. The van der Waals surface area contributed by atoms with Crippen LogP contribution in [-0.4, -0.2) is 25.8 Å². The second-order valence-electron chi connectivity index (χ2n) is 4.34. The fraction of sp³-hybridized carbons (Fsp3) is 0.0714. The van der Waals surface area contributed by atoms with Gasteiger partial charge in [0, 0.05) is 17.1 Å². The summed E-state index contributed by atoms with van der Waals surface area (Å²) in [5.41, 5.74) is 1.14. The van der Waals surface area contributed by atoms with E-state index in [0.717, 1.165) is 5.01 Å². The van der Waals surface area contributed by atoms with Gasteiger partial charge in [-0.2, -0.15) is 5.10 Å². The number of nitrogens with zero attached hydrogens (tertiary/aromatic N) is 3. The standard InChI is InChI=1S/C14H10FN3O2S/c15-11-4-2-1-3-10(11)12-8-21-13(17-12)7-18-6-9(5-16-18)14(19)20/h1-6,8H,7H2,(H,19,20). The molecule has 21 heavy (non-hydrogen) atoms. The number of hydrogen-bond donors (Lipinski definition) is 1. The molecule has 5 nitrogen and oxygen atoms in total. The molecule has 1 N–H and O–H groups in total. The maximum atomic E-state index is 13.7. The summed E-state index contributed by atoms with van der Waals surface area (Å²) in [5, 5.41) is 15.3. The lowest BCUT2D eigenvalue weighted by atomic mass is 10.2. The average molecular weight is 303 g/mol. The first-order valence-electron chi connectivity index (χ1n) is 6.08. The minimum absolute atomic E-state index is 0.126. The molecule has 0 amide bonds. The number of halogens is 1. The van der Waals surface area contributed by atoms with Gasteiger partial charge >= 0.3 is 5.97 Å². The quantitative estimate of drug-likeness (QED) is 0.804. The fourth-order valence-corrected chi connectivity index (χ4v) is 2.66. The second kappa shape index (κ2) is 5.45. The highest BCUT2D eigenvalue weighted by Crippen LogP contribution is 2.24. The molecule has 0 unspecified atom stereocenters. The molecule has 0 aliphatic carbocycles. The number of aromatic carboxylic acids is 1. The zero-order valence-electron chi connectivity index (χ0n) is 10.7. The van der Waals surface area contributed by atoms with E-state index in [1.807, 2.05) is 0 Å². The Morgan fingerprint density at radius 3 is 2.90 bits per heavy atom. The monoisotopic (exact) mass is 303 g/mol. The predicted molar refractivity (Wildman–Crippen MR) is 75.8 cm³/mol. The molecular formula is C14H10FN3O2S. The van der Waals surface area contributed by atoms with Gasteiger partial charge in [0.2, 0.25) is 0 Å². The molecule has 3 aromatic rings. The Labute approximate surface area is 123 Å². The lowest BCUT2D eigenvalue weighted by Gasteiger charge is -1.98. The normalized spacial score (nSPS) is 10.7. The number of rotatable bonds is 4. The van der Waals surface area contributed by atoms with Crippen molar-refractivity contribution in [2.75, 3.05) is 0 Å². The Morgan fingerprint density at radius 2 is 2.19 bits per heavy atom. The molecule has 106 valence electrons. The maximum absolute atomic E-state index is 13.7. The zero-order chi connectivity index (χ0) is 14.8. The summed E-state index contributed by atoms with van der Waals surface area (Å²) in [6.45, 7) is 0.354. The molecule has 2 aromatic heterocycles. The van der Waals surface area contributed by atoms with Crippen LogP contribution in [0.4, 0.5) is 4.39 Å². The van der Waals surface area contributed by atoms with E-state index in [1.54, 1.807) is 23.6 Å². The first-order chi connectivity index (χ1) is 10.1. The third-order valence-electron chi connectivity index (χ3n) is 2.88. The Bertz CT molecular complexity index is 797. The molecular weight excluding hydrogens is 293 g/mol. The molecule has 0 aliphatic rings. The van der Waals surface area contributed by atoms with Crippen LogP contribution in [0.15, 0.2) is 42.0 Å². The van der Waals surface area contributed by atoms with Crippen LogP contribution >= 0.6 is 11.3 Å². The van der Waals surface area contributed by atoms with Crippen LogP contribution in [0.25, 0.3) is 11.3 Å². The molecule has 0 radical (unpaired) electrons. The average Bonchev–Trinajstić information content (AvgIpc) is 3.09. The van der Waals surface area contributed by atoms with E-state index in [1.165, 1.54) is 34.5 Å². The van der Waals surface area contributed by atoms with Gasteiger partial charge in [0.25, 0.3) is 0 Å². The van der Waals surface area contributed by atoms with Gasteiger partial charge in [-0.3, -0.25) is 4.68 Å². The summed E-state index contributed by atoms with van der Waals surface area (Å²) in [6, 6.07) is 6.44. The van der Waals surface area contributed by atoms with E-state index in [0.29, 0.717) is 17.8 Å². The van der Waals surface area contributed by atoms with Crippen LogP contribution in [0.1, 0.15) is 15.4 Å². The van der Waals surface area contributed by atoms with Gasteiger partial charge in [0.15, 0.2) is 0 Å². The van der Waals surface area contributed by atoms with E-state index in [2.05, 4.69) is 10.1 Å². The fourth-order valence-electron chi connectivity index (χ4n) is 1.88. The lowest BCUT2D eigenvalue weighted by molar-refractivity contribution is 0.0697. The molecule has 0 spiro atoms. The van der Waals surface area contributed by atoms with Gasteiger partial charge in [-0.1, -0.05) is 12.1 Å². The summed E-state index contributed by atoms with van der Waals surface area (Å²) in [6.07, 6.45) is 2.72. The lowest BCUT2D eigenvalue weighted by Crippen LogP contribution is -2.00. The molecule has 3 rings (SSSR count). The minimum Gasteiger partial charge on any atom is -0.478 e. The van der Waals surface area contributed by atoms with Crippen molar-refractivity contribution in [3.8, 4) is 11.3 Å². The van der Waals surface area contributed by atoms with Gasteiger partial charge in [-0.15, -0.1) is 11.3 Å². The highest BCUT2D eigenvalue weighted by molar-refractivity contribution is 7.09. The molecule has 1 aromatic carbocycles. The number of hydrogen-bond acceptors (Lipinski definition) is 4. The van der Waals surface area contributed by atoms with Crippen molar-refractivity contribution in [3.63, 3.8) is 0 Å². The Kier molecular flexibility index (Phi) is 3.49. The molecule has 0 bridgehead atoms. The van der Waals surface area contributed by atoms with Crippen molar-refractivity contribution < 1.29 is 14.3 Å². The number of carboxylic acid groups (broad SMARTS) is 1. The van der Waals surface area contributed by atoms with E-state index in [9.17, 15) is 9.18 Å². The van der Waals surface area contributed by atoms with Gasteiger partial charge in [0.1, 0.15) is 10.8 Å². The van der Waals surface area contributed by atoms with Crippen molar-refractivity contribution in [1.82, 2.24) is 14.8 Å². The smallest absolute Gasteiger partial charge is 0.338 e. The number of carbonyl (C=O) groups is 1. The molecule has 0 saturated heterocycles.